The van der Waals surface area contributed by atoms with Gasteiger partial charge in [0.25, 0.3) is 0 Å². The molecule has 0 bridgehead atoms. The molecule has 1 aliphatic heterocycles. The minimum absolute atomic E-state index is 0.264. The molecule has 0 radical (unpaired) electrons. The van der Waals surface area contributed by atoms with Gasteiger partial charge < -0.3 is 9.84 Å². The lowest BCUT2D eigenvalue weighted by molar-refractivity contribution is -0.164. The van der Waals surface area contributed by atoms with Gasteiger partial charge in [-0.3, -0.25) is 9.69 Å². The Labute approximate surface area is 103 Å². The molecule has 4 nitrogen and oxygen atoms in total. The van der Waals surface area contributed by atoms with Crippen LogP contribution in [0.25, 0.3) is 0 Å². The second-order valence-corrected chi connectivity index (χ2v) is 5.14. The molecule has 1 aliphatic carbocycles. The summed E-state index contributed by atoms with van der Waals surface area (Å²) in [6, 6.07) is 0.319. The maximum absolute atomic E-state index is 11.7. The molecule has 1 heterocycles. The van der Waals surface area contributed by atoms with Gasteiger partial charge in [0.15, 0.2) is 0 Å². The lowest BCUT2D eigenvalue weighted by Gasteiger charge is -2.47. The Hall–Kier alpha value is -0.610. The highest BCUT2D eigenvalue weighted by Gasteiger charge is 2.49. The van der Waals surface area contributed by atoms with E-state index in [0.717, 1.165) is 25.8 Å². The number of rotatable bonds is 4. The van der Waals surface area contributed by atoms with Crippen molar-refractivity contribution in [3.05, 3.63) is 0 Å². The van der Waals surface area contributed by atoms with Gasteiger partial charge in [-0.05, 0) is 32.1 Å². The molecule has 1 N–H and O–H groups in total. The number of morpholine rings is 1. The Kier molecular flexibility index (Phi) is 3.73. The van der Waals surface area contributed by atoms with E-state index in [1.807, 2.05) is 13.8 Å². The van der Waals surface area contributed by atoms with Crippen LogP contribution in [0.2, 0.25) is 0 Å². The lowest BCUT2D eigenvalue weighted by atomic mass is 9.87. The number of fused-ring (bicyclic) bond motifs is 1. The molecule has 4 heteroatoms. The third-order valence-electron chi connectivity index (χ3n) is 4.60. The largest absolute Gasteiger partial charge is 0.480 e. The monoisotopic (exact) mass is 241 g/mol. The number of aliphatic carboxylic acids is 1. The van der Waals surface area contributed by atoms with Gasteiger partial charge in [0, 0.05) is 12.6 Å². The summed E-state index contributed by atoms with van der Waals surface area (Å²) in [7, 11) is 0. The molecule has 17 heavy (non-hydrogen) atoms. The van der Waals surface area contributed by atoms with E-state index in [2.05, 4.69) is 4.90 Å². The molecule has 2 aliphatic rings. The first-order chi connectivity index (χ1) is 8.15. The van der Waals surface area contributed by atoms with Crippen molar-refractivity contribution in [1.82, 2.24) is 4.90 Å². The number of hydrogen-bond acceptors (Lipinski definition) is 3. The molecule has 1 saturated carbocycles. The minimum atomic E-state index is -0.683. The average molecular weight is 241 g/mol. The van der Waals surface area contributed by atoms with Crippen LogP contribution in [0.15, 0.2) is 0 Å². The third kappa shape index (κ3) is 1.97. The van der Waals surface area contributed by atoms with Crippen LogP contribution in [-0.2, 0) is 9.53 Å². The predicted molar refractivity (Wildman–Crippen MR) is 65.0 cm³/mol. The fourth-order valence-corrected chi connectivity index (χ4v) is 3.54. The van der Waals surface area contributed by atoms with E-state index in [-0.39, 0.29) is 6.10 Å². The molecule has 0 aromatic heterocycles. The molecule has 2 unspecified atom stereocenters. The van der Waals surface area contributed by atoms with E-state index in [1.165, 1.54) is 0 Å². The predicted octanol–water partition coefficient (Wildman–Crippen LogP) is 1.88. The van der Waals surface area contributed by atoms with Crippen LogP contribution >= 0.6 is 0 Å². The number of carbonyl (C=O) groups is 1. The molecule has 0 aromatic carbocycles. The maximum Gasteiger partial charge on any atom is 0.324 e. The first kappa shape index (κ1) is 12.8. The van der Waals surface area contributed by atoms with Crippen LogP contribution in [0, 0.1) is 0 Å². The van der Waals surface area contributed by atoms with Gasteiger partial charge in [0.05, 0.1) is 12.7 Å². The Bertz CT molecular complexity index is 288. The number of carboxylic acid groups (broad SMARTS) is 1. The van der Waals surface area contributed by atoms with Crippen molar-refractivity contribution < 1.29 is 14.6 Å². The third-order valence-corrected chi connectivity index (χ3v) is 4.60. The van der Waals surface area contributed by atoms with Gasteiger partial charge in [-0.15, -0.1) is 0 Å². The van der Waals surface area contributed by atoms with E-state index in [0.29, 0.717) is 25.5 Å². The maximum atomic E-state index is 11.7. The van der Waals surface area contributed by atoms with Crippen molar-refractivity contribution in [2.24, 2.45) is 0 Å². The first-order valence-corrected chi connectivity index (χ1v) is 6.77. The summed E-state index contributed by atoms with van der Waals surface area (Å²) in [6.07, 6.45) is 4.93. The van der Waals surface area contributed by atoms with Crippen molar-refractivity contribution in [1.29, 1.82) is 0 Å². The van der Waals surface area contributed by atoms with Crippen LogP contribution in [0.4, 0.5) is 0 Å². The van der Waals surface area contributed by atoms with Gasteiger partial charge >= 0.3 is 5.97 Å². The van der Waals surface area contributed by atoms with E-state index >= 15 is 0 Å². The fourth-order valence-electron chi connectivity index (χ4n) is 3.54. The summed E-state index contributed by atoms with van der Waals surface area (Å²) in [5.41, 5.74) is -0.683. The summed E-state index contributed by atoms with van der Waals surface area (Å²) in [5, 5.41) is 9.61. The van der Waals surface area contributed by atoms with Crippen LogP contribution in [0.5, 0.6) is 0 Å². The van der Waals surface area contributed by atoms with Gasteiger partial charge in [-0.2, -0.15) is 0 Å². The molecule has 2 atom stereocenters. The number of carboxylic acids is 1. The normalized spacial score (nSPS) is 30.2. The molecule has 2 rings (SSSR count). The second kappa shape index (κ2) is 4.94. The molecular formula is C13H23NO3. The lowest BCUT2D eigenvalue weighted by Crippen LogP contribution is -2.63. The Morgan fingerprint density at radius 3 is 2.71 bits per heavy atom. The summed E-state index contributed by atoms with van der Waals surface area (Å²) < 4.78 is 5.76. The van der Waals surface area contributed by atoms with Crippen LogP contribution in [-0.4, -0.2) is 46.8 Å². The van der Waals surface area contributed by atoms with E-state index < -0.39 is 11.5 Å². The van der Waals surface area contributed by atoms with Gasteiger partial charge in [-0.25, -0.2) is 0 Å². The fraction of sp³-hybridized carbons (Fsp3) is 0.923. The topological polar surface area (TPSA) is 49.8 Å². The summed E-state index contributed by atoms with van der Waals surface area (Å²) in [5.74, 6) is -0.671. The first-order valence-electron chi connectivity index (χ1n) is 6.77. The highest BCUT2D eigenvalue weighted by molar-refractivity contribution is 5.78. The quantitative estimate of drug-likeness (QED) is 0.816. The Balaban J connectivity index is 2.25. The van der Waals surface area contributed by atoms with Gasteiger partial charge in [0.2, 0.25) is 0 Å². The molecular weight excluding hydrogens is 218 g/mol. The zero-order valence-corrected chi connectivity index (χ0v) is 10.8. The van der Waals surface area contributed by atoms with Crippen LogP contribution < -0.4 is 0 Å². The standard InChI is InChI=1S/C13H23NO3/c1-3-13(4-2,12(15)16)14-8-9-17-11-7-5-6-10(11)14/h10-11H,3-9H2,1-2H3,(H,15,16). The van der Waals surface area contributed by atoms with Gasteiger partial charge in [-0.1, -0.05) is 13.8 Å². The van der Waals surface area contributed by atoms with E-state index in [1.54, 1.807) is 0 Å². The van der Waals surface area contributed by atoms with Crippen molar-refractivity contribution in [2.75, 3.05) is 13.2 Å². The summed E-state index contributed by atoms with van der Waals surface area (Å²) >= 11 is 0. The molecule has 0 aromatic rings. The molecule has 0 amide bonds. The van der Waals surface area contributed by atoms with Crippen molar-refractivity contribution in [3.8, 4) is 0 Å². The zero-order chi connectivity index (χ0) is 12.5. The van der Waals surface area contributed by atoms with E-state index in [4.69, 9.17) is 4.74 Å². The summed E-state index contributed by atoms with van der Waals surface area (Å²) in [6.45, 7) is 5.40. The van der Waals surface area contributed by atoms with Gasteiger partial charge in [0.1, 0.15) is 5.54 Å². The Morgan fingerprint density at radius 1 is 1.41 bits per heavy atom. The van der Waals surface area contributed by atoms with Crippen molar-refractivity contribution in [3.63, 3.8) is 0 Å². The van der Waals surface area contributed by atoms with Crippen LogP contribution in [0.3, 0.4) is 0 Å². The van der Waals surface area contributed by atoms with Crippen molar-refractivity contribution >= 4 is 5.97 Å². The number of hydrogen-bond donors (Lipinski definition) is 1. The smallest absolute Gasteiger partial charge is 0.324 e. The minimum Gasteiger partial charge on any atom is -0.480 e. The molecule has 98 valence electrons. The van der Waals surface area contributed by atoms with Crippen molar-refractivity contribution in [2.45, 2.75) is 63.6 Å². The highest BCUT2D eigenvalue weighted by atomic mass is 16.5. The zero-order valence-electron chi connectivity index (χ0n) is 10.8. The number of nitrogens with zero attached hydrogens (tertiary/aromatic N) is 1. The second-order valence-electron chi connectivity index (χ2n) is 5.14. The Morgan fingerprint density at radius 2 is 2.12 bits per heavy atom. The molecule has 1 saturated heterocycles. The highest BCUT2D eigenvalue weighted by Crippen LogP contribution is 2.37. The SMILES string of the molecule is CCC(CC)(C(=O)O)N1CCOC2CCCC21. The number of ether oxygens (including phenoxy) is 1. The summed E-state index contributed by atoms with van der Waals surface area (Å²) in [4.78, 5) is 13.9. The van der Waals surface area contributed by atoms with E-state index in [9.17, 15) is 9.90 Å². The average Bonchev–Trinajstić information content (AvgIpc) is 2.79. The molecule has 0 spiro atoms. The van der Waals surface area contributed by atoms with Crippen LogP contribution in [0.1, 0.15) is 46.0 Å². The molecule has 2 fully saturated rings.